The number of hydrogen-bond donors (Lipinski definition) is 1. The lowest BCUT2D eigenvalue weighted by atomic mass is 9.74. The lowest BCUT2D eigenvalue weighted by Crippen LogP contribution is -2.34. The summed E-state index contributed by atoms with van der Waals surface area (Å²) in [6.45, 7) is 0. The number of ether oxygens (including phenoxy) is 2. The Balaban J connectivity index is 2.07. The van der Waals surface area contributed by atoms with Crippen molar-refractivity contribution in [2.45, 2.75) is 25.2 Å². The summed E-state index contributed by atoms with van der Waals surface area (Å²) in [7, 11) is 1.31. The van der Waals surface area contributed by atoms with Crippen LogP contribution in [0.25, 0.3) is 0 Å². The third-order valence-corrected chi connectivity index (χ3v) is 4.40. The van der Waals surface area contributed by atoms with Gasteiger partial charge in [0.15, 0.2) is 5.78 Å². The molecule has 1 aliphatic carbocycles. The highest BCUT2D eigenvalue weighted by Gasteiger charge is 2.42. The van der Waals surface area contributed by atoms with Crippen LogP contribution in [-0.4, -0.2) is 24.8 Å². The molecule has 0 bridgehead atoms. The Kier molecular flexibility index (Phi) is 4.17. The number of Topliss-reactive ketones (excluding diaryl/α,β-unsaturated/α-hetero) is 1. The molecule has 0 fully saturated rings. The van der Waals surface area contributed by atoms with Gasteiger partial charge in [-0.15, -0.1) is 0 Å². The number of rotatable bonds is 2. The lowest BCUT2D eigenvalue weighted by Gasteiger charge is -2.34. The van der Waals surface area contributed by atoms with Crippen molar-refractivity contribution in [3.63, 3.8) is 0 Å². The smallest absolute Gasteiger partial charge is 0.337 e. The lowest BCUT2D eigenvalue weighted by molar-refractivity contribution is -0.116. The monoisotopic (exact) mass is 324 g/mol. The maximum Gasteiger partial charge on any atom is 0.337 e. The van der Waals surface area contributed by atoms with Gasteiger partial charge in [-0.05, 0) is 24.1 Å². The van der Waals surface area contributed by atoms with E-state index in [0.717, 1.165) is 0 Å². The number of nitrogens with zero attached hydrogens (tertiary/aromatic N) is 1. The summed E-state index contributed by atoms with van der Waals surface area (Å²) in [5, 5.41) is 17.5. The number of esters is 1. The number of nitrogens with one attached hydrogen (secondary N) is 1. The molecule has 1 aromatic carbocycles. The Labute approximate surface area is 139 Å². The zero-order chi connectivity index (χ0) is 17.3. The molecule has 1 aliphatic heterocycles. The first-order valence-corrected chi connectivity index (χ1v) is 7.67. The number of benzene rings is 1. The van der Waals surface area contributed by atoms with E-state index in [1.54, 1.807) is 24.3 Å². The summed E-state index contributed by atoms with van der Waals surface area (Å²) < 4.78 is 10.1. The van der Waals surface area contributed by atoms with Gasteiger partial charge < -0.3 is 9.47 Å². The molecule has 0 radical (unpaired) electrons. The van der Waals surface area contributed by atoms with E-state index in [9.17, 15) is 14.9 Å². The summed E-state index contributed by atoms with van der Waals surface area (Å²) in [5.41, 5.74) is 1.60. The van der Waals surface area contributed by atoms with E-state index in [1.807, 2.05) is 0 Å². The van der Waals surface area contributed by atoms with Gasteiger partial charge in [-0.1, -0.05) is 12.1 Å². The van der Waals surface area contributed by atoms with Crippen molar-refractivity contribution in [3.05, 3.63) is 46.7 Å². The minimum atomic E-state index is -0.852. The summed E-state index contributed by atoms with van der Waals surface area (Å²) in [5.74, 6) is -1.50. The first-order chi connectivity index (χ1) is 11.6. The molecule has 0 spiro atoms. The molecule has 0 saturated carbocycles. The maximum absolute atomic E-state index is 12.4. The van der Waals surface area contributed by atoms with Crippen LogP contribution in [0.2, 0.25) is 0 Å². The molecular weight excluding hydrogens is 308 g/mol. The Morgan fingerprint density at radius 2 is 2.04 bits per heavy atom. The average molecular weight is 324 g/mol. The molecule has 0 aromatic heterocycles. The normalized spacial score (nSPS) is 23.2. The second kappa shape index (κ2) is 6.28. The molecule has 2 unspecified atom stereocenters. The fourth-order valence-corrected chi connectivity index (χ4v) is 3.24. The summed E-state index contributed by atoms with van der Waals surface area (Å²) in [6.07, 6.45) is 1.71. The topological polar surface area (TPSA) is 100 Å². The van der Waals surface area contributed by atoms with Crippen LogP contribution in [0.4, 0.5) is 0 Å². The zero-order valence-electron chi connectivity index (χ0n) is 13.2. The predicted molar refractivity (Wildman–Crippen MR) is 84.3 cm³/mol. The van der Waals surface area contributed by atoms with E-state index >= 15 is 0 Å². The third kappa shape index (κ3) is 2.58. The predicted octanol–water partition coefficient (Wildman–Crippen LogP) is 2.71. The number of carbonyl (C=O) groups is 2. The molecule has 6 nitrogen and oxygen atoms in total. The molecule has 0 saturated heterocycles. The summed E-state index contributed by atoms with van der Waals surface area (Å²) >= 11 is 0. The number of hydrogen-bond acceptors (Lipinski definition) is 6. The summed E-state index contributed by atoms with van der Waals surface area (Å²) in [4.78, 5) is 24.0. The van der Waals surface area contributed by atoms with Crippen LogP contribution in [0.1, 0.15) is 41.1 Å². The fraction of sp³-hybridized carbons (Fsp3) is 0.333. The van der Waals surface area contributed by atoms with E-state index in [2.05, 4.69) is 10.8 Å². The van der Waals surface area contributed by atoms with E-state index in [0.29, 0.717) is 41.7 Å². The van der Waals surface area contributed by atoms with Crippen molar-refractivity contribution in [1.29, 1.82) is 10.7 Å². The highest BCUT2D eigenvalue weighted by molar-refractivity contribution is 6.01. The minimum absolute atomic E-state index is 0.0361. The van der Waals surface area contributed by atoms with Gasteiger partial charge in [0, 0.05) is 24.3 Å². The fourth-order valence-electron chi connectivity index (χ4n) is 3.24. The van der Waals surface area contributed by atoms with Crippen molar-refractivity contribution in [1.82, 2.24) is 0 Å². The molecule has 2 atom stereocenters. The van der Waals surface area contributed by atoms with Crippen LogP contribution in [0, 0.1) is 22.7 Å². The van der Waals surface area contributed by atoms with Gasteiger partial charge in [-0.25, -0.2) is 4.79 Å². The van der Waals surface area contributed by atoms with E-state index < -0.39 is 17.8 Å². The van der Waals surface area contributed by atoms with Crippen LogP contribution in [0.15, 0.2) is 35.6 Å². The molecule has 1 heterocycles. The molecule has 6 heteroatoms. The highest BCUT2D eigenvalue weighted by Crippen LogP contribution is 2.43. The Bertz CT molecular complexity index is 786. The molecule has 1 aromatic rings. The zero-order valence-corrected chi connectivity index (χ0v) is 13.2. The van der Waals surface area contributed by atoms with Gasteiger partial charge >= 0.3 is 5.97 Å². The highest BCUT2D eigenvalue weighted by atomic mass is 16.5. The number of methoxy groups -OCH3 is 1. The number of nitriles is 1. The first-order valence-electron chi connectivity index (χ1n) is 7.67. The Morgan fingerprint density at radius 3 is 2.67 bits per heavy atom. The largest absolute Gasteiger partial charge is 0.465 e. The Morgan fingerprint density at radius 1 is 1.33 bits per heavy atom. The quantitative estimate of drug-likeness (QED) is 0.843. The summed E-state index contributed by atoms with van der Waals surface area (Å²) in [6, 6.07) is 8.68. The van der Waals surface area contributed by atoms with Crippen LogP contribution >= 0.6 is 0 Å². The van der Waals surface area contributed by atoms with Crippen molar-refractivity contribution in [2.24, 2.45) is 5.92 Å². The standard InChI is InChI=1S/C18H16N2O4/c1-23-18(22)11-7-5-10(6-8-11)15-12(9-19)17(20)24-14-4-2-3-13(21)16(14)15/h5-8,12,15,20H,2-4H2,1H3. The molecule has 0 amide bonds. The van der Waals surface area contributed by atoms with Gasteiger partial charge in [0.1, 0.15) is 11.7 Å². The second-order valence-corrected chi connectivity index (χ2v) is 5.78. The van der Waals surface area contributed by atoms with E-state index in [1.165, 1.54) is 7.11 Å². The molecular formula is C18H16N2O4. The molecule has 122 valence electrons. The number of allylic oxidation sites excluding steroid dienone is 2. The van der Waals surface area contributed by atoms with Gasteiger partial charge in [0.25, 0.3) is 0 Å². The van der Waals surface area contributed by atoms with Crippen LogP contribution in [-0.2, 0) is 14.3 Å². The van der Waals surface area contributed by atoms with Crippen LogP contribution in [0.5, 0.6) is 0 Å². The minimum Gasteiger partial charge on any atom is -0.465 e. The third-order valence-electron chi connectivity index (χ3n) is 4.40. The van der Waals surface area contributed by atoms with Crippen LogP contribution in [0.3, 0.4) is 0 Å². The molecule has 3 rings (SSSR count). The van der Waals surface area contributed by atoms with Crippen molar-refractivity contribution >= 4 is 17.7 Å². The van der Waals surface area contributed by atoms with E-state index in [-0.39, 0.29) is 11.7 Å². The molecule has 24 heavy (non-hydrogen) atoms. The maximum atomic E-state index is 12.4. The van der Waals surface area contributed by atoms with Gasteiger partial charge in [-0.2, -0.15) is 5.26 Å². The number of ketones is 1. The van der Waals surface area contributed by atoms with Crippen LogP contribution < -0.4 is 0 Å². The van der Waals surface area contributed by atoms with Gasteiger partial charge in [0.05, 0.1) is 18.7 Å². The first kappa shape index (κ1) is 15.9. The van der Waals surface area contributed by atoms with Crippen molar-refractivity contribution < 1.29 is 19.1 Å². The van der Waals surface area contributed by atoms with E-state index in [4.69, 9.17) is 10.1 Å². The SMILES string of the molecule is COC(=O)c1ccc(C2C3=C(CCCC3=O)OC(=N)C2C#N)cc1. The van der Waals surface area contributed by atoms with Gasteiger partial charge in [-0.3, -0.25) is 10.2 Å². The number of carbonyl (C=O) groups excluding carboxylic acids is 2. The van der Waals surface area contributed by atoms with Gasteiger partial charge in [0.2, 0.25) is 5.90 Å². The molecule has 1 N–H and O–H groups in total. The van der Waals surface area contributed by atoms with Crippen molar-refractivity contribution in [3.8, 4) is 6.07 Å². The molecule has 2 aliphatic rings. The second-order valence-electron chi connectivity index (χ2n) is 5.78. The average Bonchev–Trinajstić information content (AvgIpc) is 2.60. The Hall–Kier alpha value is -2.94. The van der Waals surface area contributed by atoms with Crippen molar-refractivity contribution in [2.75, 3.05) is 7.11 Å².